The van der Waals surface area contributed by atoms with E-state index < -0.39 is 0 Å². The molecule has 116 valence electrons. The molecular formula is C16H15N5OS. The minimum atomic E-state index is 0.352. The number of hydrogen-bond donors (Lipinski definition) is 2. The smallest absolute Gasteiger partial charge is 0.246 e. The summed E-state index contributed by atoms with van der Waals surface area (Å²) in [4.78, 5) is 8.39. The van der Waals surface area contributed by atoms with Gasteiger partial charge in [-0.3, -0.25) is 4.98 Å². The normalized spacial score (nSPS) is 10.3. The first-order chi connectivity index (χ1) is 11.2. The first-order valence-corrected chi connectivity index (χ1v) is 7.46. The van der Waals surface area contributed by atoms with Crippen LogP contribution in [0, 0.1) is 6.92 Å². The summed E-state index contributed by atoms with van der Waals surface area (Å²) in [5.74, 6) is 1.05. The third-order valence-corrected chi connectivity index (χ3v) is 3.42. The van der Waals surface area contributed by atoms with Crippen molar-refractivity contribution < 1.29 is 4.52 Å². The highest BCUT2D eigenvalue weighted by Crippen LogP contribution is 2.19. The zero-order chi connectivity index (χ0) is 16.1. The molecule has 0 aliphatic rings. The van der Waals surface area contributed by atoms with Crippen molar-refractivity contribution in [3.63, 3.8) is 0 Å². The van der Waals surface area contributed by atoms with Gasteiger partial charge in [0.1, 0.15) is 0 Å². The van der Waals surface area contributed by atoms with Gasteiger partial charge in [0.05, 0.1) is 18.4 Å². The van der Waals surface area contributed by atoms with Gasteiger partial charge in [0, 0.05) is 11.8 Å². The largest absolute Gasteiger partial charge is 0.353 e. The lowest BCUT2D eigenvalue weighted by Crippen LogP contribution is -2.28. The third kappa shape index (κ3) is 3.89. The molecule has 1 aromatic carbocycles. The van der Waals surface area contributed by atoms with Gasteiger partial charge < -0.3 is 15.2 Å². The zero-order valence-corrected chi connectivity index (χ0v) is 13.3. The highest BCUT2D eigenvalue weighted by molar-refractivity contribution is 7.80. The molecule has 0 saturated heterocycles. The standard InChI is InChI=1S/C16H15N5OS/c1-11-5-2-3-7-13(11)15-20-14(22-21-15)10-18-16(23)19-12-6-4-8-17-9-12/h2-9H,10H2,1H3,(H2,18,19,23). The lowest BCUT2D eigenvalue weighted by molar-refractivity contribution is 0.376. The molecule has 2 heterocycles. The molecular weight excluding hydrogens is 310 g/mol. The molecule has 0 saturated carbocycles. The molecule has 0 unspecified atom stereocenters. The Hall–Kier alpha value is -2.80. The predicted octanol–water partition coefficient (Wildman–Crippen LogP) is 2.93. The van der Waals surface area contributed by atoms with Crippen molar-refractivity contribution in [1.82, 2.24) is 20.4 Å². The Labute approximate surface area is 139 Å². The fourth-order valence-electron chi connectivity index (χ4n) is 2.03. The van der Waals surface area contributed by atoms with Gasteiger partial charge in [0.25, 0.3) is 0 Å². The van der Waals surface area contributed by atoms with Gasteiger partial charge in [-0.15, -0.1) is 0 Å². The molecule has 3 rings (SSSR count). The van der Waals surface area contributed by atoms with E-state index in [0.717, 1.165) is 16.8 Å². The van der Waals surface area contributed by atoms with E-state index in [4.69, 9.17) is 16.7 Å². The number of benzene rings is 1. The zero-order valence-electron chi connectivity index (χ0n) is 12.5. The van der Waals surface area contributed by atoms with Gasteiger partial charge in [-0.05, 0) is 36.8 Å². The van der Waals surface area contributed by atoms with Crippen LogP contribution in [0.5, 0.6) is 0 Å². The Morgan fingerprint density at radius 3 is 2.87 bits per heavy atom. The summed E-state index contributed by atoms with van der Waals surface area (Å²) in [5.41, 5.74) is 2.87. The first-order valence-electron chi connectivity index (χ1n) is 7.06. The fraction of sp³-hybridized carbons (Fsp3) is 0.125. The van der Waals surface area contributed by atoms with Gasteiger partial charge in [-0.1, -0.05) is 29.4 Å². The maximum absolute atomic E-state index is 5.25. The van der Waals surface area contributed by atoms with Crippen molar-refractivity contribution in [3.8, 4) is 11.4 Å². The summed E-state index contributed by atoms with van der Waals surface area (Å²) < 4.78 is 5.25. The number of aromatic nitrogens is 3. The van der Waals surface area contributed by atoms with Crippen molar-refractivity contribution in [2.24, 2.45) is 0 Å². The predicted molar refractivity (Wildman–Crippen MR) is 91.8 cm³/mol. The van der Waals surface area contributed by atoms with Crippen molar-refractivity contribution in [1.29, 1.82) is 0 Å². The van der Waals surface area contributed by atoms with Gasteiger partial charge in [0.15, 0.2) is 5.11 Å². The summed E-state index contributed by atoms with van der Waals surface area (Å²) >= 11 is 5.22. The molecule has 6 nitrogen and oxygen atoms in total. The Balaban J connectivity index is 1.59. The van der Waals surface area contributed by atoms with E-state index in [1.165, 1.54) is 0 Å². The van der Waals surface area contributed by atoms with E-state index in [2.05, 4.69) is 25.8 Å². The molecule has 0 atom stereocenters. The Bertz CT molecular complexity index is 803. The Morgan fingerprint density at radius 2 is 2.09 bits per heavy atom. The molecule has 0 aliphatic heterocycles. The summed E-state index contributed by atoms with van der Waals surface area (Å²) in [6.45, 7) is 2.36. The number of anilines is 1. The van der Waals surface area contributed by atoms with E-state index in [-0.39, 0.29) is 0 Å². The van der Waals surface area contributed by atoms with E-state index in [9.17, 15) is 0 Å². The topological polar surface area (TPSA) is 75.9 Å². The third-order valence-electron chi connectivity index (χ3n) is 3.17. The van der Waals surface area contributed by atoms with Crippen LogP contribution in [-0.4, -0.2) is 20.2 Å². The number of pyridine rings is 1. The van der Waals surface area contributed by atoms with Gasteiger partial charge in [-0.2, -0.15) is 4.98 Å². The molecule has 0 spiro atoms. The highest BCUT2D eigenvalue weighted by Gasteiger charge is 2.10. The van der Waals surface area contributed by atoms with Gasteiger partial charge in [0.2, 0.25) is 11.7 Å². The number of nitrogens with one attached hydrogen (secondary N) is 2. The number of rotatable bonds is 4. The molecule has 0 radical (unpaired) electrons. The molecule has 7 heteroatoms. The van der Waals surface area contributed by atoms with E-state index in [1.54, 1.807) is 12.4 Å². The molecule has 2 N–H and O–H groups in total. The molecule has 2 aromatic heterocycles. The first kappa shape index (κ1) is 15.1. The average Bonchev–Trinajstić information content (AvgIpc) is 3.03. The summed E-state index contributed by atoms with van der Waals surface area (Å²) in [7, 11) is 0. The number of nitrogens with zero attached hydrogens (tertiary/aromatic N) is 3. The minimum Gasteiger partial charge on any atom is -0.353 e. The van der Waals surface area contributed by atoms with Crippen LogP contribution in [0.1, 0.15) is 11.5 Å². The molecule has 23 heavy (non-hydrogen) atoms. The fourth-order valence-corrected chi connectivity index (χ4v) is 2.22. The summed E-state index contributed by atoms with van der Waals surface area (Å²) in [6.07, 6.45) is 3.39. The molecule has 0 bridgehead atoms. The van der Waals surface area contributed by atoms with Crippen LogP contribution < -0.4 is 10.6 Å². The maximum Gasteiger partial charge on any atom is 0.246 e. The number of thiocarbonyl (C=S) groups is 1. The van der Waals surface area contributed by atoms with Gasteiger partial charge >= 0.3 is 0 Å². The number of hydrogen-bond acceptors (Lipinski definition) is 5. The second kappa shape index (κ2) is 6.97. The van der Waals surface area contributed by atoms with Crippen LogP contribution in [0.2, 0.25) is 0 Å². The summed E-state index contributed by atoms with van der Waals surface area (Å²) in [5, 5.41) is 10.5. The second-order valence-electron chi connectivity index (χ2n) is 4.88. The van der Waals surface area contributed by atoms with Crippen molar-refractivity contribution in [3.05, 3.63) is 60.2 Å². The lowest BCUT2D eigenvalue weighted by Gasteiger charge is -2.07. The Morgan fingerprint density at radius 1 is 1.22 bits per heavy atom. The van der Waals surface area contributed by atoms with Crippen LogP contribution >= 0.6 is 12.2 Å². The van der Waals surface area contributed by atoms with Crippen molar-refractivity contribution in [2.45, 2.75) is 13.5 Å². The monoisotopic (exact) mass is 325 g/mol. The van der Waals surface area contributed by atoms with Crippen molar-refractivity contribution in [2.75, 3.05) is 5.32 Å². The molecule has 3 aromatic rings. The molecule has 0 fully saturated rings. The SMILES string of the molecule is Cc1ccccc1-c1noc(CNC(=S)Nc2cccnc2)n1. The lowest BCUT2D eigenvalue weighted by atomic mass is 10.1. The second-order valence-corrected chi connectivity index (χ2v) is 5.28. The van der Waals surface area contributed by atoms with Gasteiger partial charge in [-0.25, -0.2) is 0 Å². The summed E-state index contributed by atoms with van der Waals surface area (Å²) in [6, 6.07) is 11.6. The molecule has 0 amide bonds. The van der Waals surface area contributed by atoms with Crippen LogP contribution in [0.15, 0.2) is 53.3 Å². The molecule has 0 aliphatic carbocycles. The van der Waals surface area contributed by atoms with Crippen LogP contribution in [0.25, 0.3) is 11.4 Å². The maximum atomic E-state index is 5.25. The van der Waals surface area contributed by atoms with Crippen LogP contribution in [0.4, 0.5) is 5.69 Å². The van der Waals surface area contributed by atoms with E-state index in [0.29, 0.717) is 23.4 Å². The van der Waals surface area contributed by atoms with Crippen LogP contribution in [0.3, 0.4) is 0 Å². The highest BCUT2D eigenvalue weighted by atomic mass is 32.1. The van der Waals surface area contributed by atoms with E-state index in [1.807, 2.05) is 43.3 Å². The van der Waals surface area contributed by atoms with E-state index >= 15 is 0 Å². The number of aryl methyl sites for hydroxylation is 1. The van der Waals surface area contributed by atoms with Crippen LogP contribution in [-0.2, 0) is 6.54 Å². The average molecular weight is 325 g/mol. The van der Waals surface area contributed by atoms with Crippen molar-refractivity contribution >= 4 is 23.0 Å². The Kier molecular flexibility index (Phi) is 4.58. The quantitative estimate of drug-likeness (QED) is 0.714. The minimum absolute atomic E-state index is 0.352.